The molecule has 0 bridgehead atoms. The minimum atomic E-state index is -2.50. The van der Waals surface area contributed by atoms with Gasteiger partial charge in [-0.2, -0.15) is 0 Å². The fraction of sp³-hybridized carbons (Fsp3) is 1.00. The molecule has 0 saturated carbocycles. The van der Waals surface area contributed by atoms with Crippen LogP contribution in [0.5, 0.6) is 0 Å². The summed E-state index contributed by atoms with van der Waals surface area (Å²) in [6, 6.07) is 0. The molecule has 0 radical (unpaired) electrons. The van der Waals surface area contributed by atoms with Crippen molar-refractivity contribution < 1.29 is 18.0 Å². The normalized spacial score (nSPS) is 25.9. The average Bonchev–Trinajstić information content (AvgIpc) is 2.09. The highest BCUT2D eigenvalue weighted by Crippen LogP contribution is 2.28. The van der Waals surface area contributed by atoms with E-state index >= 15 is 0 Å². The molecule has 1 aliphatic rings. The topological polar surface area (TPSA) is 36.9 Å². The van der Waals surface area contributed by atoms with Gasteiger partial charge < -0.3 is 18.0 Å². The molecule has 84 valence electrons. The fourth-order valence-corrected chi connectivity index (χ4v) is 3.68. The van der Waals surface area contributed by atoms with Gasteiger partial charge in [0.15, 0.2) is 6.29 Å². The molecule has 0 aliphatic carbocycles. The van der Waals surface area contributed by atoms with Gasteiger partial charge >= 0.3 is 8.80 Å². The van der Waals surface area contributed by atoms with Crippen molar-refractivity contribution in [1.29, 1.82) is 0 Å². The Morgan fingerprint density at radius 2 is 2.14 bits per heavy atom. The third-order valence-corrected chi connectivity index (χ3v) is 5.56. The van der Waals surface area contributed by atoms with Crippen molar-refractivity contribution in [2.75, 3.05) is 20.3 Å². The van der Waals surface area contributed by atoms with Gasteiger partial charge in [0, 0.05) is 25.7 Å². The van der Waals surface area contributed by atoms with E-state index in [-0.39, 0.29) is 11.8 Å². The van der Waals surface area contributed by atoms with E-state index in [0.717, 1.165) is 13.0 Å². The molecular weight excluding hydrogens is 200 g/mol. The van der Waals surface area contributed by atoms with E-state index in [1.807, 2.05) is 6.92 Å². The zero-order valence-corrected chi connectivity index (χ0v) is 10.4. The first-order valence-electron chi connectivity index (χ1n) is 5.13. The Morgan fingerprint density at radius 3 is 2.43 bits per heavy atom. The van der Waals surface area contributed by atoms with Crippen LogP contribution in [0.4, 0.5) is 0 Å². The van der Waals surface area contributed by atoms with E-state index in [1.165, 1.54) is 0 Å². The first-order chi connectivity index (χ1) is 6.64. The predicted molar refractivity (Wildman–Crippen MR) is 54.9 cm³/mol. The molecule has 1 saturated heterocycles. The van der Waals surface area contributed by atoms with Gasteiger partial charge in [0.1, 0.15) is 0 Å². The van der Waals surface area contributed by atoms with E-state index in [9.17, 15) is 0 Å². The van der Waals surface area contributed by atoms with E-state index < -0.39 is 8.80 Å². The minimum Gasteiger partial charge on any atom is -0.377 e. The van der Waals surface area contributed by atoms with Gasteiger partial charge in [-0.3, -0.25) is 0 Å². The highest BCUT2D eigenvalue weighted by molar-refractivity contribution is 6.62. The molecule has 1 rings (SSSR count). The SMILES string of the molecule is CCO[Si](OC)(OC1CCO1)C(C)C. The van der Waals surface area contributed by atoms with Crippen molar-refractivity contribution in [2.45, 2.75) is 39.0 Å². The Bertz CT molecular complexity index is 172. The number of rotatable bonds is 6. The van der Waals surface area contributed by atoms with Crippen LogP contribution >= 0.6 is 0 Å². The fourth-order valence-electron chi connectivity index (χ4n) is 1.37. The van der Waals surface area contributed by atoms with Crippen LogP contribution in [0, 0.1) is 0 Å². The lowest BCUT2D eigenvalue weighted by Gasteiger charge is -2.37. The van der Waals surface area contributed by atoms with Crippen molar-refractivity contribution in [3.63, 3.8) is 0 Å². The molecule has 0 amide bonds. The van der Waals surface area contributed by atoms with Crippen LogP contribution in [0.15, 0.2) is 0 Å². The highest BCUT2D eigenvalue weighted by atomic mass is 28.4. The molecule has 1 fully saturated rings. The second-order valence-electron chi connectivity index (χ2n) is 3.60. The van der Waals surface area contributed by atoms with Crippen LogP contribution < -0.4 is 0 Å². The quantitative estimate of drug-likeness (QED) is 0.639. The maximum Gasteiger partial charge on any atom is 0.505 e. The highest BCUT2D eigenvalue weighted by Gasteiger charge is 2.47. The molecule has 0 aromatic rings. The molecule has 0 N–H and O–H groups in total. The van der Waals surface area contributed by atoms with E-state index in [2.05, 4.69) is 13.8 Å². The second kappa shape index (κ2) is 5.23. The van der Waals surface area contributed by atoms with Crippen LogP contribution in [-0.4, -0.2) is 35.4 Å². The molecular formula is C9H20O4Si. The van der Waals surface area contributed by atoms with Crippen molar-refractivity contribution in [3.05, 3.63) is 0 Å². The van der Waals surface area contributed by atoms with Gasteiger partial charge in [0.05, 0.1) is 6.61 Å². The van der Waals surface area contributed by atoms with Gasteiger partial charge in [-0.25, -0.2) is 0 Å². The van der Waals surface area contributed by atoms with E-state index in [4.69, 9.17) is 18.0 Å². The monoisotopic (exact) mass is 220 g/mol. The molecule has 0 aromatic heterocycles. The summed E-state index contributed by atoms with van der Waals surface area (Å²) in [6.07, 6.45) is 0.827. The summed E-state index contributed by atoms with van der Waals surface area (Å²) in [5.41, 5.74) is 0.261. The van der Waals surface area contributed by atoms with Crippen LogP contribution in [0.1, 0.15) is 27.2 Å². The maximum absolute atomic E-state index is 5.80. The van der Waals surface area contributed by atoms with Crippen LogP contribution in [0.3, 0.4) is 0 Å². The standard InChI is InChI=1S/C9H20O4Si/c1-5-12-14(10-4,8(2)3)13-9-6-7-11-9/h8-9H,5-7H2,1-4H3. The summed E-state index contributed by atoms with van der Waals surface area (Å²) in [5, 5.41) is 0. The Balaban J connectivity index is 2.56. The predicted octanol–water partition coefficient (Wildman–Crippen LogP) is 1.78. The average molecular weight is 220 g/mol. The summed E-state index contributed by atoms with van der Waals surface area (Å²) < 4.78 is 22.2. The summed E-state index contributed by atoms with van der Waals surface area (Å²) >= 11 is 0. The Hall–Kier alpha value is 0.0569. The Morgan fingerprint density at radius 1 is 1.50 bits per heavy atom. The molecule has 0 spiro atoms. The largest absolute Gasteiger partial charge is 0.505 e. The zero-order chi connectivity index (χ0) is 10.6. The molecule has 5 heteroatoms. The molecule has 0 aromatic carbocycles. The van der Waals surface area contributed by atoms with Crippen LogP contribution in [-0.2, 0) is 18.0 Å². The molecule has 14 heavy (non-hydrogen) atoms. The third kappa shape index (κ3) is 2.55. The van der Waals surface area contributed by atoms with Gasteiger partial charge in [-0.05, 0) is 6.92 Å². The summed E-state index contributed by atoms with van der Waals surface area (Å²) in [6.45, 7) is 7.47. The Kier molecular flexibility index (Phi) is 4.53. The molecule has 4 nitrogen and oxygen atoms in total. The number of hydrogen-bond donors (Lipinski definition) is 0. The van der Waals surface area contributed by atoms with Crippen LogP contribution in [0.25, 0.3) is 0 Å². The third-order valence-electron chi connectivity index (χ3n) is 2.29. The number of ether oxygens (including phenoxy) is 1. The summed E-state index contributed by atoms with van der Waals surface area (Å²) in [7, 11) is -0.851. The van der Waals surface area contributed by atoms with E-state index in [1.54, 1.807) is 7.11 Å². The van der Waals surface area contributed by atoms with Gasteiger partial charge in [0.25, 0.3) is 0 Å². The summed E-state index contributed by atoms with van der Waals surface area (Å²) in [4.78, 5) is 0. The van der Waals surface area contributed by atoms with Gasteiger partial charge in [-0.15, -0.1) is 0 Å². The van der Waals surface area contributed by atoms with Crippen molar-refractivity contribution in [2.24, 2.45) is 0 Å². The second-order valence-corrected chi connectivity index (χ2v) is 6.90. The first-order valence-corrected chi connectivity index (χ1v) is 6.93. The maximum atomic E-state index is 5.80. The zero-order valence-electron chi connectivity index (χ0n) is 9.41. The number of hydrogen-bond acceptors (Lipinski definition) is 4. The van der Waals surface area contributed by atoms with Gasteiger partial charge in [-0.1, -0.05) is 13.8 Å². The molecule has 1 heterocycles. The lowest BCUT2D eigenvalue weighted by molar-refractivity contribution is -0.191. The smallest absolute Gasteiger partial charge is 0.377 e. The minimum absolute atomic E-state index is 0.115. The van der Waals surface area contributed by atoms with Crippen molar-refractivity contribution in [3.8, 4) is 0 Å². The van der Waals surface area contributed by atoms with E-state index in [0.29, 0.717) is 6.61 Å². The van der Waals surface area contributed by atoms with Gasteiger partial charge in [0.2, 0.25) is 0 Å². The lowest BCUT2D eigenvalue weighted by atomic mass is 10.4. The first kappa shape index (κ1) is 12.1. The lowest BCUT2D eigenvalue weighted by Crippen LogP contribution is -2.52. The van der Waals surface area contributed by atoms with Crippen molar-refractivity contribution in [1.82, 2.24) is 0 Å². The molecule has 1 aliphatic heterocycles. The molecule has 2 unspecified atom stereocenters. The van der Waals surface area contributed by atoms with Crippen LogP contribution in [0.2, 0.25) is 5.54 Å². The molecule has 2 atom stereocenters. The Labute approximate surface area is 86.9 Å². The summed E-state index contributed by atoms with van der Waals surface area (Å²) in [5.74, 6) is 0. The van der Waals surface area contributed by atoms with Crippen molar-refractivity contribution >= 4 is 8.80 Å².